The lowest BCUT2D eigenvalue weighted by Gasteiger charge is -2.23. The molecule has 1 unspecified atom stereocenters. The van der Waals surface area contributed by atoms with Crippen molar-refractivity contribution in [3.05, 3.63) is 12.1 Å². The van der Waals surface area contributed by atoms with E-state index in [0.717, 1.165) is 23.7 Å². The lowest BCUT2D eigenvalue weighted by molar-refractivity contribution is 0.172. The number of anilines is 2. The minimum atomic E-state index is 0.310. The molecule has 1 aliphatic heterocycles. The van der Waals surface area contributed by atoms with E-state index in [1.165, 1.54) is 0 Å². The summed E-state index contributed by atoms with van der Waals surface area (Å²) in [6.07, 6.45) is 0. The number of hydrogen-bond donors (Lipinski definition) is 2. The summed E-state index contributed by atoms with van der Waals surface area (Å²) in [5, 5.41) is 3.39. The first-order valence-electron chi connectivity index (χ1n) is 6.16. The molecule has 0 saturated heterocycles. The van der Waals surface area contributed by atoms with Gasteiger partial charge in [0.25, 0.3) is 0 Å². The summed E-state index contributed by atoms with van der Waals surface area (Å²) in [7, 11) is 4.09. The Labute approximate surface area is 108 Å². The molecule has 0 amide bonds. The van der Waals surface area contributed by atoms with Gasteiger partial charge in [0.1, 0.15) is 13.2 Å². The predicted molar refractivity (Wildman–Crippen MR) is 73.5 cm³/mol. The number of benzene rings is 1. The van der Waals surface area contributed by atoms with Gasteiger partial charge in [-0.3, -0.25) is 0 Å². The number of nitrogens with zero attached hydrogens (tertiary/aromatic N) is 1. The Morgan fingerprint density at radius 3 is 2.50 bits per heavy atom. The molecule has 1 aromatic rings. The Balaban J connectivity index is 2.13. The van der Waals surface area contributed by atoms with Crippen LogP contribution in [-0.4, -0.2) is 44.8 Å². The number of fused-ring (bicyclic) bond motifs is 1. The fourth-order valence-corrected chi connectivity index (χ4v) is 2.09. The van der Waals surface area contributed by atoms with Crippen molar-refractivity contribution < 1.29 is 9.47 Å². The average molecular weight is 251 g/mol. The molecule has 1 aliphatic rings. The lowest BCUT2D eigenvalue weighted by Crippen LogP contribution is -2.30. The van der Waals surface area contributed by atoms with Crippen molar-refractivity contribution in [1.82, 2.24) is 4.90 Å². The zero-order valence-electron chi connectivity index (χ0n) is 11.2. The van der Waals surface area contributed by atoms with Crippen LogP contribution in [-0.2, 0) is 0 Å². The van der Waals surface area contributed by atoms with Crippen molar-refractivity contribution in [3.63, 3.8) is 0 Å². The fourth-order valence-electron chi connectivity index (χ4n) is 2.09. The maximum Gasteiger partial charge on any atom is 0.163 e. The molecular weight excluding hydrogens is 230 g/mol. The maximum absolute atomic E-state index is 6.01. The smallest absolute Gasteiger partial charge is 0.163 e. The molecular formula is C13H21N3O2. The third-order valence-electron chi connectivity index (χ3n) is 2.76. The normalized spacial score (nSPS) is 15.6. The van der Waals surface area contributed by atoms with Gasteiger partial charge in [0.2, 0.25) is 0 Å². The first-order chi connectivity index (χ1) is 8.56. The number of nitrogen functional groups attached to an aromatic ring is 1. The highest BCUT2D eigenvalue weighted by atomic mass is 16.6. The van der Waals surface area contributed by atoms with Crippen LogP contribution in [0.15, 0.2) is 12.1 Å². The molecule has 0 spiro atoms. The molecule has 1 atom stereocenters. The van der Waals surface area contributed by atoms with E-state index in [1.807, 2.05) is 26.2 Å². The Morgan fingerprint density at radius 1 is 1.28 bits per heavy atom. The number of ether oxygens (including phenoxy) is 2. The number of nitrogens with one attached hydrogen (secondary N) is 1. The molecule has 0 aromatic heterocycles. The Bertz CT molecular complexity index is 421. The fraction of sp³-hybridized carbons (Fsp3) is 0.538. The Hall–Kier alpha value is -1.62. The molecule has 1 aromatic carbocycles. The number of hydrogen-bond acceptors (Lipinski definition) is 5. The summed E-state index contributed by atoms with van der Waals surface area (Å²) in [5.41, 5.74) is 7.59. The van der Waals surface area contributed by atoms with Crippen molar-refractivity contribution in [3.8, 4) is 11.5 Å². The summed E-state index contributed by atoms with van der Waals surface area (Å²) in [6, 6.07) is 4.04. The van der Waals surface area contributed by atoms with Gasteiger partial charge in [0, 0.05) is 24.7 Å². The maximum atomic E-state index is 6.01. The third kappa shape index (κ3) is 2.98. The van der Waals surface area contributed by atoms with E-state index in [0.29, 0.717) is 24.9 Å². The van der Waals surface area contributed by atoms with Gasteiger partial charge in [0.05, 0.1) is 11.4 Å². The highest BCUT2D eigenvalue weighted by Crippen LogP contribution is 2.37. The van der Waals surface area contributed by atoms with Crippen LogP contribution in [0, 0.1) is 0 Å². The number of rotatable bonds is 4. The van der Waals surface area contributed by atoms with Crippen LogP contribution in [0.3, 0.4) is 0 Å². The second kappa shape index (κ2) is 5.35. The summed E-state index contributed by atoms with van der Waals surface area (Å²) < 4.78 is 11.0. The van der Waals surface area contributed by atoms with E-state index in [9.17, 15) is 0 Å². The van der Waals surface area contributed by atoms with Gasteiger partial charge < -0.3 is 25.4 Å². The largest absolute Gasteiger partial charge is 0.486 e. The first-order valence-corrected chi connectivity index (χ1v) is 6.16. The average Bonchev–Trinajstić information content (AvgIpc) is 2.29. The summed E-state index contributed by atoms with van der Waals surface area (Å²) in [6.45, 7) is 4.23. The van der Waals surface area contributed by atoms with Crippen molar-refractivity contribution >= 4 is 11.4 Å². The zero-order valence-corrected chi connectivity index (χ0v) is 11.2. The van der Waals surface area contributed by atoms with Crippen LogP contribution in [0.4, 0.5) is 11.4 Å². The molecule has 18 heavy (non-hydrogen) atoms. The molecule has 5 heteroatoms. The first kappa shape index (κ1) is 12.8. The van der Waals surface area contributed by atoms with E-state index in [1.54, 1.807) is 0 Å². The monoisotopic (exact) mass is 251 g/mol. The second-order valence-corrected chi connectivity index (χ2v) is 4.89. The molecule has 0 fully saturated rings. The molecule has 2 rings (SSSR count). The highest BCUT2D eigenvalue weighted by Gasteiger charge is 2.15. The SMILES string of the molecule is CC(CN(C)C)Nc1cc2c(cc1N)OCCO2. The predicted octanol–water partition coefficient (Wildman–Crippen LogP) is 1.40. The van der Waals surface area contributed by atoms with Gasteiger partial charge in [-0.05, 0) is 21.0 Å². The van der Waals surface area contributed by atoms with Crippen LogP contribution < -0.4 is 20.5 Å². The van der Waals surface area contributed by atoms with E-state index in [4.69, 9.17) is 15.2 Å². The molecule has 0 radical (unpaired) electrons. The van der Waals surface area contributed by atoms with Crippen LogP contribution in [0.2, 0.25) is 0 Å². The third-order valence-corrected chi connectivity index (χ3v) is 2.76. The van der Waals surface area contributed by atoms with E-state index in [2.05, 4.69) is 17.1 Å². The van der Waals surface area contributed by atoms with E-state index in [-0.39, 0.29) is 0 Å². The van der Waals surface area contributed by atoms with Gasteiger partial charge in [-0.15, -0.1) is 0 Å². The molecule has 0 saturated carbocycles. The molecule has 5 nitrogen and oxygen atoms in total. The van der Waals surface area contributed by atoms with E-state index < -0.39 is 0 Å². The van der Waals surface area contributed by atoms with Gasteiger partial charge >= 0.3 is 0 Å². The minimum absolute atomic E-state index is 0.310. The highest BCUT2D eigenvalue weighted by molar-refractivity contribution is 5.72. The molecule has 0 aliphatic carbocycles. The van der Waals surface area contributed by atoms with Crippen LogP contribution in [0.1, 0.15) is 6.92 Å². The molecule has 1 heterocycles. The quantitative estimate of drug-likeness (QED) is 0.792. The summed E-state index contributed by atoms with van der Waals surface area (Å²) >= 11 is 0. The van der Waals surface area contributed by atoms with Gasteiger partial charge in [-0.25, -0.2) is 0 Å². The van der Waals surface area contributed by atoms with Crippen LogP contribution in [0.5, 0.6) is 11.5 Å². The van der Waals surface area contributed by atoms with Crippen LogP contribution in [0.25, 0.3) is 0 Å². The second-order valence-electron chi connectivity index (χ2n) is 4.89. The van der Waals surface area contributed by atoms with Crippen molar-refractivity contribution in [2.24, 2.45) is 0 Å². The minimum Gasteiger partial charge on any atom is -0.486 e. The molecule has 0 bridgehead atoms. The molecule has 3 N–H and O–H groups in total. The van der Waals surface area contributed by atoms with Gasteiger partial charge in [0.15, 0.2) is 11.5 Å². The summed E-state index contributed by atoms with van der Waals surface area (Å²) in [5.74, 6) is 1.49. The number of likely N-dealkylation sites (N-methyl/N-ethyl adjacent to an activating group) is 1. The van der Waals surface area contributed by atoms with Crippen molar-refractivity contribution in [2.45, 2.75) is 13.0 Å². The van der Waals surface area contributed by atoms with E-state index >= 15 is 0 Å². The van der Waals surface area contributed by atoms with Gasteiger partial charge in [-0.2, -0.15) is 0 Å². The zero-order chi connectivity index (χ0) is 13.1. The lowest BCUT2D eigenvalue weighted by atomic mass is 10.2. The Morgan fingerprint density at radius 2 is 1.89 bits per heavy atom. The van der Waals surface area contributed by atoms with Crippen molar-refractivity contribution in [1.29, 1.82) is 0 Å². The van der Waals surface area contributed by atoms with Crippen LogP contribution >= 0.6 is 0 Å². The Kier molecular flexibility index (Phi) is 3.81. The molecule has 100 valence electrons. The summed E-state index contributed by atoms with van der Waals surface area (Å²) in [4.78, 5) is 2.13. The standard InChI is InChI=1S/C13H21N3O2/c1-9(8-16(2)3)15-11-7-13-12(6-10(11)14)17-4-5-18-13/h6-7,9,15H,4-5,8,14H2,1-3H3. The number of nitrogens with two attached hydrogens (primary N) is 1. The van der Waals surface area contributed by atoms with Gasteiger partial charge in [-0.1, -0.05) is 0 Å². The topological polar surface area (TPSA) is 59.8 Å². The van der Waals surface area contributed by atoms with Crippen molar-refractivity contribution in [2.75, 3.05) is 44.9 Å².